The van der Waals surface area contributed by atoms with Crippen LogP contribution in [0.25, 0.3) is 16.7 Å². The van der Waals surface area contributed by atoms with Crippen molar-refractivity contribution >= 4 is 34.2 Å². The van der Waals surface area contributed by atoms with Gasteiger partial charge in [0.25, 0.3) is 5.56 Å². The largest absolute Gasteiger partial charge is 0.326 e. The van der Waals surface area contributed by atoms with E-state index in [0.29, 0.717) is 22.7 Å². The molecule has 0 saturated carbocycles. The van der Waals surface area contributed by atoms with Gasteiger partial charge in [-0.1, -0.05) is 6.07 Å². The molecule has 10 heteroatoms. The molecule has 4 rings (SSSR count). The van der Waals surface area contributed by atoms with Crippen LogP contribution in [0, 0.1) is 5.82 Å². The summed E-state index contributed by atoms with van der Waals surface area (Å²) < 4.78 is 15.8. The lowest BCUT2D eigenvalue weighted by Crippen LogP contribution is -2.27. The second-order valence-electron chi connectivity index (χ2n) is 6.76. The van der Waals surface area contributed by atoms with Crippen molar-refractivity contribution in [1.82, 2.24) is 19.3 Å². The lowest BCUT2D eigenvalue weighted by molar-refractivity contribution is -0.117. The van der Waals surface area contributed by atoms with Gasteiger partial charge in [0.2, 0.25) is 11.8 Å². The second kappa shape index (κ2) is 8.19. The molecule has 4 aromatic rings. The molecule has 2 heterocycles. The lowest BCUT2D eigenvalue weighted by Gasteiger charge is -2.09. The Bertz CT molecular complexity index is 1340. The summed E-state index contributed by atoms with van der Waals surface area (Å²) in [5.74, 6) is -1.05. The third-order valence-corrected chi connectivity index (χ3v) is 4.41. The van der Waals surface area contributed by atoms with E-state index in [0.717, 1.165) is 0 Å². The zero-order valence-electron chi connectivity index (χ0n) is 16.4. The molecule has 0 aliphatic heterocycles. The summed E-state index contributed by atoms with van der Waals surface area (Å²) in [6, 6.07) is 12.3. The summed E-state index contributed by atoms with van der Waals surface area (Å²) in [4.78, 5) is 40.6. The zero-order chi connectivity index (χ0) is 22.0. The topological polar surface area (TPSA) is 111 Å². The number of hydrogen-bond acceptors (Lipinski definition) is 5. The number of aromatic nitrogens is 4. The Morgan fingerprint density at radius 1 is 1.06 bits per heavy atom. The molecule has 0 radical (unpaired) electrons. The fourth-order valence-corrected chi connectivity index (χ4v) is 3.07. The number of halogens is 1. The maximum atomic E-state index is 13.2. The number of carbonyl (C=O) groups excluding carboxylic acids is 2. The van der Waals surface area contributed by atoms with Gasteiger partial charge in [-0.3, -0.25) is 19.0 Å². The molecule has 2 aromatic heterocycles. The summed E-state index contributed by atoms with van der Waals surface area (Å²) in [6.45, 7) is 1.13. The van der Waals surface area contributed by atoms with Crippen LogP contribution < -0.4 is 16.2 Å². The van der Waals surface area contributed by atoms with Crippen molar-refractivity contribution in [2.24, 2.45) is 0 Å². The molecule has 2 amide bonds. The number of nitrogens with zero attached hydrogens (tertiary/aromatic N) is 4. The normalized spacial score (nSPS) is 10.8. The first-order chi connectivity index (χ1) is 14.9. The minimum Gasteiger partial charge on any atom is -0.326 e. The molecule has 9 nitrogen and oxygen atoms in total. The van der Waals surface area contributed by atoms with Crippen LogP contribution in [0.2, 0.25) is 0 Å². The first-order valence-electron chi connectivity index (χ1n) is 9.27. The van der Waals surface area contributed by atoms with Crippen molar-refractivity contribution < 1.29 is 14.0 Å². The Hall–Kier alpha value is -4.34. The molecule has 0 atom stereocenters. The maximum absolute atomic E-state index is 13.2. The van der Waals surface area contributed by atoms with Crippen LogP contribution in [0.5, 0.6) is 0 Å². The van der Waals surface area contributed by atoms with E-state index in [-0.39, 0.29) is 23.7 Å². The van der Waals surface area contributed by atoms with Gasteiger partial charge in [-0.05, 0) is 42.5 Å². The highest BCUT2D eigenvalue weighted by molar-refractivity contribution is 5.93. The highest BCUT2D eigenvalue weighted by atomic mass is 19.1. The van der Waals surface area contributed by atoms with Gasteiger partial charge in [0.15, 0.2) is 5.65 Å². The number of hydrogen-bond donors (Lipinski definition) is 2. The molecular formula is C21H17FN6O3. The van der Waals surface area contributed by atoms with E-state index in [4.69, 9.17) is 0 Å². The van der Waals surface area contributed by atoms with Crippen molar-refractivity contribution in [2.75, 3.05) is 10.6 Å². The van der Waals surface area contributed by atoms with Crippen molar-refractivity contribution in [2.45, 2.75) is 13.5 Å². The third kappa shape index (κ3) is 4.32. The summed E-state index contributed by atoms with van der Waals surface area (Å²) in [5.41, 5.74) is 1.44. The number of benzene rings is 2. The monoisotopic (exact) mass is 420 g/mol. The van der Waals surface area contributed by atoms with Crippen LogP contribution >= 0.6 is 0 Å². The number of rotatable bonds is 5. The number of fused-ring (bicyclic) bond motifs is 1. The minimum absolute atomic E-state index is 0.226. The average molecular weight is 420 g/mol. The number of nitrogens with one attached hydrogen (secondary N) is 2. The van der Waals surface area contributed by atoms with E-state index >= 15 is 0 Å². The van der Waals surface area contributed by atoms with Gasteiger partial charge < -0.3 is 10.6 Å². The van der Waals surface area contributed by atoms with Crippen molar-refractivity contribution in [3.8, 4) is 5.69 Å². The van der Waals surface area contributed by atoms with Crippen molar-refractivity contribution in [3.05, 3.63) is 77.2 Å². The van der Waals surface area contributed by atoms with Crippen LogP contribution in [-0.2, 0) is 16.1 Å². The van der Waals surface area contributed by atoms with E-state index in [1.165, 1.54) is 53.0 Å². The molecule has 0 aliphatic rings. The smallest absolute Gasteiger partial charge is 0.264 e. The molecule has 0 fully saturated rings. The van der Waals surface area contributed by atoms with E-state index in [1.54, 1.807) is 24.3 Å². The molecule has 0 spiro atoms. The summed E-state index contributed by atoms with van der Waals surface area (Å²) in [5, 5.41) is 9.70. The summed E-state index contributed by atoms with van der Waals surface area (Å²) >= 11 is 0. The Labute approximate surface area is 175 Å². The van der Waals surface area contributed by atoms with Gasteiger partial charge in [0.05, 0.1) is 11.9 Å². The van der Waals surface area contributed by atoms with E-state index in [1.807, 2.05) is 0 Å². The maximum Gasteiger partial charge on any atom is 0.264 e. The molecule has 2 N–H and O–H groups in total. The quantitative estimate of drug-likeness (QED) is 0.515. The summed E-state index contributed by atoms with van der Waals surface area (Å²) in [6.07, 6.45) is 2.62. The first kappa shape index (κ1) is 20.0. The molecular weight excluding hydrogens is 403 g/mol. The standard InChI is InChI=1S/C21H17FN6O3/c1-13(29)25-15-3-2-4-16(9-15)26-19(30)11-27-12-23-20-18(21(27)31)10-24-28(20)17-7-5-14(22)6-8-17/h2-10,12H,11H2,1H3,(H,25,29)(H,26,30). The van der Waals surface area contributed by atoms with Gasteiger partial charge >= 0.3 is 0 Å². The van der Waals surface area contributed by atoms with Gasteiger partial charge in [0, 0.05) is 18.3 Å². The molecule has 156 valence electrons. The number of amides is 2. The average Bonchev–Trinajstić information content (AvgIpc) is 3.15. The molecule has 0 bridgehead atoms. The van der Waals surface area contributed by atoms with Crippen LogP contribution in [-0.4, -0.2) is 31.1 Å². The Morgan fingerprint density at radius 3 is 2.48 bits per heavy atom. The van der Waals surface area contributed by atoms with Crippen LogP contribution in [0.15, 0.2) is 65.8 Å². The zero-order valence-corrected chi connectivity index (χ0v) is 16.4. The third-order valence-electron chi connectivity index (χ3n) is 4.41. The highest BCUT2D eigenvalue weighted by Gasteiger charge is 2.13. The van der Waals surface area contributed by atoms with Crippen molar-refractivity contribution in [1.29, 1.82) is 0 Å². The summed E-state index contributed by atoms with van der Waals surface area (Å²) in [7, 11) is 0. The van der Waals surface area contributed by atoms with Gasteiger partial charge in [-0.2, -0.15) is 5.10 Å². The second-order valence-corrected chi connectivity index (χ2v) is 6.76. The van der Waals surface area contributed by atoms with Gasteiger partial charge in [0.1, 0.15) is 24.1 Å². The van der Waals surface area contributed by atoms with Crippen LogP contribution in [0.3, 0.4) is 0 Å². The molecule has 2 aromatic carbocycles. The fourth-order valence-electron chi connectivity index (χ4n) is 3.07. The predicted molar refractivity (Wildman–Crippen MR) is 112 cm³/mol. The van der Waals surface area contributed by atoms with Gasteiger partial charge in [-0.15, -0.1) is 0 Å². The van der Waals surface area contributed by atoms with E-state index < -0.39 is 11.5 Å². The SMILES string of the molecule is CC(=O)Nc1cccc(NC(=O)Cn2cnc3c(cnn3-c3ccc(F)cc3)c2=O)c1. The first-order valence-corrected chi connectivity index (χ1v) is 9.27. The number of carbonyl (C=O) groups is 2. The molecule has 0 unspecified atom stereocenters. The Kier molecular flexibility index (Phi) is 5.27. The van der Waals surface area contributed by atoms with Crippen LogP contribution in [0.1, 0.15) is 6.92 Å². The Balaban J connectivity index is 1.54. The van der Waals surface area contributed by atoms with Crippen molar-refractivity contribution in [3.63, 3.8) is 0 Å². The molecule has 0 saturated heterocycles. The lowest BCUT2D eigenvalue weighted by atomic mass is 10.2. The van der Waals surface area contributed by atoms with Gasteiger partial charge in [-0.25, -0.2) is 14.1 Å². The Morgan fingerprint density at radius 2 is 1.77 bits per heavy atom. The minimum atomic E-state index is -0.436. The predicted octanol–water partition coefficient (Wildman–Crippen LogP) is 2.32. The molecule has 31 heavy (non-hydrogen) atoms. The number of anilines is 2. The fraction of sp³-hybridized carbons (Fsp3) is 0.0952. The van der Waals surface area contributed by atoms with Crippen LogP contribution in [0.4, 0.5) is 15.8 Å². The highest BCUT2D eigenvalue weighted by Crippen LogP contribution is 2.16. The van der Waals surface area contributed by atoms with E-state index in [2.05, 4.69) is 20.7 Å². The molecule has 0 aliphatic carbocycles. The van der Waals surface area contributed by atoms with E-state index in [9.17, 15) is 18.8 Å².